The van der Waals surface area contributed by atoms with Crippen LogP contribution in [0.5, 0.6) is 0 Å². The minimum atomic E-state index is -4.81. The highest BCUT2D eigenvalue weighted by atomic mass is 32.2. The number of hydrazine groups is 1. The van der Waals surface area contributed by atoms with E-state index in [1.807, 2.05) is 0 Å². The fourth-order valence-electron chi connectivity index (χ4n) is 1.50. The minimum Gasteiger partial charge on any atom is -0.322 e. The topological polar surface area (TPSA) is 133 Å². The van der Waals surface area contributed by atoms with Crippen LogP contribution in [0.3, 0.4) is 0 Å². The molecule has 21 heavy (non-hydrogen) atoms. The number of pyridine rings is 1. The first-order valence-electron chi connectivity index (χ1n) is 5.36. The molecule has 0 atom stereocenters. The molecule has 0 aromatic carbocycles. The summed E-state index contributed by atoms with van der Waals surface area (Å²) < 4.78 is 39.0. The number of amidine groups is 1. The second-order valence-electron chi connectivity index (χ2n) is 3.78. The van der Waals surface area contributed by atoms with Gasteiger partial charge in [-0.25, -0.2) is 5.84 Å². The van der Waals surface area contributed by atoms with Crippen molar-refractivity contribution < 1.29 is 13.2 Å². The number of aromatic nitrogens is 1. The van der Waals surface area contributed by atoms with Gasteiger partial charge in [0.1, 0.15) is 11.9 Å². The Bertz CT molecular complexity index is 660. The summed E-state index contributed by atoms with van der Waals surface area (Å²) in [6.07, 6.45) is -4.81. The molecule has 0 radical (unpaired) electrons. The van der Waals surface area contributed by atoms with Crippen molar-refractivity contribution in [1.29, 1.82) is 5.26 Å². The highest BCUT2D eigenvalue weighted by Crippen LogP contribution is 2.36. The monoisotopic (exact) mass is 320 g/mol. The van der Waals surface area contributed by atoms with Gasteiger partial charge >= 0.3 is 6.18 Å². The van der Waals surface area contributed by atoms with E-state index in [1.165, 1.54) is 6.07 Å². The summed E-state index contributed by atoms with van der Waals surface area (Å²) in [7, 11) is 0. The van der Waals surface area contributed by atoms with Crippen LogP contribution >= 0.6 is 11.8 Å². The Kier molecular flexibility index (Phi) is 5.23. The highest BCUT2D eigenvalue weighted by Gasteiger charge is 2.38. The van der Waals surface area contributed by atoms with E-state index in [9.17, 15) is 18.0 Å². The predicted molar refractivity (Wildman–Crippen MR) is 71.2 cm³/mol. The summed E-state index contributed by atoms with van der Waals surface area (Å²) in [5.74, 6) is 10.1. The summed E-state index contributed by atoms with van der Waals surface area (Å²) in [5.41, 5.74) is -1.25. The minimum absolute atomic E-state index is 0.0437. The number of hydrazone groups is 1. The molecule has 0 fully saturated rings. The number of rotatable bonds is 3. The predicted octanol–water partition coefficient (Wildman–Crippen LogP) is 0.401. The van der Waals surface area contributed by atoms with Gasteiger partial charge in [0.05, 0.1) is 21.9 Å². The van der Waals surface area contributed by atoms with E-state index >= 15 is 0 Å². The average molecular weight is 320 g/mol. The van der Waals surface area contributed by atoms with Gasteiger partial charge in [-0.3, -0.25) is 4.79 Å². The van der Waals surface area contributed by atoms with Crippen LogP contribution in [0.1, 0.15) is 16.7 Å². The van der Waals surface area contributed by atoms with E-state index in [4.69, 9.17) is 16.9 Å². The smallest absolute Gasteiger partial charge is 0.322 e. The maximum atomic E-state index is 13.0. The van der Waals surface area contributed by atoms with Crippen molar-refractivity contribution in [3.8, 4) is 6.07 Å². The van der Waals surface area contributed by atoms with Gasteiger partial charge in [0.15, 0.2) is 0 Å². The van der Waals surface area contributed by atoms with Crippen LogP contribution in [0, 0.1) is 18.3 Å². The van der Waals surface area contributed by atoms with Gasteiger partial charge in [-0.1, -0.05) is 11.8 Å². The molecular weight excluding hydrogens is 309 g/mol. The molecule has 0 amide bonds. The zero-order valence-electron chi connectivity index (χ0n) is 10.7. The lowest BCUT2D eigenvalue weighted by Gasteiger charge is -2.14. The molecule has 0 aliphatic heterocycles. The number of hydrogen-bond acceptors (Lipinski definition) is 6. The molecule has 0 bridgehead atoms. The number of nitrogens with zero attached hydrogens (tertiary/aromatic N) is 2. The zero-order valence-corrected chi connectivity index (χ0v) is 11.5. The van der Waals surface area contributed by atoms with Crippen molar-refractivity contribution in [3.63, 3.8) is 0 Å². The van der Waals surface area contributed by atoms with Crippen LogP contribution in [-0.2, 0) is 6.18 Å². The fourth-order valence-corrected chi connectivity index (χ4v) is 2.40. The van der Waals surface area contributed by atoms with Crippen LogP contribution in [0.2, 0.25) is 0 Å². The number of nitrogens with one attached hydrogen (secondary N) is 2. The fraction of sp³-hybridized carbons (Fsp3) is 0.300. The first-order valence-corrected chi connectivity index (χ1v) is 6.35. The Morgan fingerprint density at radius 2 is 2.19 bits per heavy atom. The third kappa shape index (κ3) is 3.67. The summed E-state index contributed by atoms with van der Waals surface area (Å²) in [5, 5.41) is 12.0. The van der Waals surface area contributed by atoms with Crippen molar-refractivity contribution in [1.82, 2.24) is 10.4 Å². The largest absolute Gasteiger partial charge is 0.418 e. The van der Waals surface area contributed by atoms with Gasteiger partial charge < -0.3 is 16.3 Å². The van der Waals surface area contributed by atoms with Crippen molar-refractivity contribution >= 4 is 17.6 Å². The molecular formula is C10H11F3N6OS. The van der Waals surface area contributed by atoms with E-state index in [1.54, 1.807) is 0 Å². The quantitative estimate of drug-likeness (QED) is 0.209. The lowest BCUT2D eigenvalue weighted by Crippen LogP contribution is -2.33. The lowest BCUT2D eigenvalue weighted by atomic mass is 10.1. The van der Waals surface area contributed by atoms with Crippen molar-refractivity contribution in [2.75, 3.05) is 5.75 Å². The molecule has 7 nitrogen and oxygen atoms in total. The number of nitrogens with two attached hydrogens (primary N) is 2. The average Bonchev–Trinajstić information content (AvgIpc) is 2.41. The van der Waals surface area contributed by atoms with Gasteiger partial charge in [0.25, 0.3) is 5.56 Å². The summed E-state index contributed by atoms with van der Waals surface area (Å²) >= 11 is 0.751. The standard InChI is InChI=1S/C10H11F3N6OS/c1-4-7(10(11,12)13)5(2-14)9(17-8(4)20)21-3-6(18-15)19-16/h3,15-16H2,1H3,(H,17,20)(H,18,19). The first-order chi connectivity index (χ1) is 9.76. The third-order valence-electron chi connectivity index (χ3n) is 2.49. The second kappa shape index (κ2) is 6.51. The van der Waals surface area contributed by atoms with Crippen LogP contribution < -0.4 is 22.7 Å². The Morgan fingerprint density at radius 1 is 1.57 bits per heavy atom. The van der Waals surface area contributed by atoms with Gasteiger partial charge in [0, 0.05) is 5.56 Å². The molecule has 1 rings (SSSR count). The van der Waals surface area contributed by atoms with Crippen molar-refractivity contribution in [2.24, 2.45) is 16.8 Å². The Labute approximate surface area is 121 Å². The molecule has 11 heteroatoms. The zero-order chi connectivity index (χ0) is 16.2. The number of halogens is 3. The Morgan fingerprint density at radius 3 is 2.62 bits per heavy atom. The molecule has 0 saturated carbocycles. The molecule has 0 spiro atoms. The Balaban J connectivity index is 3.39. The molecule has 1 heterocycles. The highest BCUT2D eigenvalue weighted by molar-refractivity contribution is 8.00. The van der Waals surface area contributed by atoms with E-state index in [0.29, 0.717) is 0 Å². The lowest BCUT2D eigenvalue weighted by molar-refractivity contribution is -0.138. The summed E-state index contributed by atoms with van der Waals surface area (Å²) in [6, 6.07) is 1.46. The molecule has 0 saturated heterocycles. The van der Waals surface area contributed by atoms with Crippen LogP contribution in [0.4, 0.5) is 13.2 Å². The van der Waals surface area contributed by atoms with Gasteiger partial charge in [-0.15, -0.1) is 0 Å². The molecule has 6 N–H and O–H groups in total. The molecule has 114 valence electrons. The van der Waals surface area contributed by atoms with E-state index in [2.05, 4.69) is 15.5 Å². The number of alkyl halides is 3. The van der Waals surface area contributed by atoms with Gasteiger partial charge in [-0.2, -0.15) is 23.5 Å². The summed E-state index contributed by atoms with van der Waals surface area (Å²) in [6.45, 7) is 1.01. The summed E-state index contributed by atoms with van der Waals surface area (Å²) in [4.78, 5) is 13.8. The maximum Gasteiger partial charge on any atom is 0.418 e. The van der Waals surface area contributed by atoms with Crippen LogP contribution in [0.15, 0.2) is 14.9 Å². The second-order valence-corrected chi connectivity index (χ2v) is 4.76. The van der Waals surface area contributed by atoms with Crippen LogP contribution in [-0.4, -0.2) is 16.6 Å². The van der Waals surface area contributed by atoms with E-state index in [-0.39, 0.29) is 16.6 Å². The maximum absolute atomic E-state index is 13.0. The first kappa shape index (κ1) is 16.9. The van der Waals surface area contributed by atoms with Crippen molar-refractivity contribution in [3.05, 3.63) is 27.0 Å². The Hall–Kier alpha value is -2.19. The number of nitriles is 1. The van der Waals surface area contributed by atoms with E-state index in [0.717, 1.165) is 18.7 Å². The van der Waals surface area contributed by atoms with E-state index < -0.39 is 28.4 Å². The number of aromatic amines is 1. The molecule has 0 aliphatic carbocycles. The normalized spacial score (nSPS) is 12.1. The van der Waals surface area contributed by atoms with Gasteiger partial charge in [-0.05, 0) is 6.92 Å². The molecule has 0 aliphatic rings. The molecule has 0 unspecified atom stereocenters. The molecule has 1 aromatic heterocycles. The SMILES string of the molecule is Cc1c(C(F)(F)F)c(C#N)c(SC/C(=N/N)NN)[nH]c1=O. The molecule has 1 aromatic rings. The van der Waals surface area contributed by atoms with Gasteiger partial charge in [0.2, 0.25) is 0 Å². The number of hydrogen-bond donors (Lipinski definition) is 4. The number of H-pyrrole nitrogens is 1. The number of thioether (sulfide) groups is 1. The van der Waals surface area contributed by atoms with Crippen molar-refractivity contribution in [2.45, 2.75) is 18.1 Å². The van der Waals surface area contributed by atoms with Crippen LogP contribution in [0.25, 0.3) is 0 Å². The third-order valence-corrected chi connectivity index (χ3v) is 3.50.